The summed E-state index contributed by atoms with van der Waals surface area (Å²) in [5.74, 6) is -0.527. The summed E-state index contributed by atoms with van der Waals surface area (Å²) in [5.41, 5.74) is 6.48. The SMILES string of the molecule is Cc1sc(NC(=O)COc2ccccc2Cl)c(C(N)=O)c1C. The number of anilines is 1. The molecular weight excluding hydrogens is 324 g/mol. The van der Waals surface area contributed by atoms with Crippen LogP contribution in [0.15, 0.2) is 24.3 Å². The molecule has 0 saturated heterocycles. The molecule has 0 spiro atoms. The summed E-state index contributed by atoms with van der Waals surface area (Å²) in [4.78, 5) is 24.4. The molecule has 2 amide bonds. The highest BCUT2D eigenvalue weighted by molar-refractivity contribution is 7.16. The van der Waals surface area contributed by atoms with E-state index in [0.29, 0.717) is 21.3 Å². The van der Waals surface area contributed by atoms with E-state index in [1.54, 1.807) is 31.2 Å². The summed E-state index contributed by atoms with van der Waals surface area (Å²) >= 11 is 7.25. The van der Waals surface area contributed by atoms with Crippen LogP contribution in [0.1, 0.15) is 20.8 Å². The molecule has 0 atom stereocenters. The van der Waals surface area contributed by atoms with Crippen molar-refractivity contribution in [2.24, 2.45) is 5.73 Å². The van der Waals surface area contributed by atoms with E-state index in [2.05, 4.69) is 5.32 Å². The third-order valence-corrected chi connectivity index (χ3v) is 4.52. The van der Waals surface area contributed by atoms with Gasteiger partial charge in [0.2, 0.25) is 0 Å². The zero-order valence-corrected chi connectivity index (χ0v) is 13.7. The van der Waals surface area contributed by atoms with Gasteiger partial charge >= 0.3 is 0 Å². The number of rotatable bonds is 5. The van der Waals surface area contributed by atoms with Gasteiger partial charge in [-0.25, -0.2) is 0 Å². The Balaban J connectivity index is 2.06. The molecule has 0 radical (unpaired) electrons. The Morgan fingerprint density at radius 1 is 1.32 bits per heavy atom. The molecule has 0 saturated carbocycles. The summed E-state index contributed by atoms with van der Waals surface area (Å²) in [7, 11) is 0. The lowest BCUT2D eigenvalue weighted by Gasteiger charge is -2.08. The van der Waals surface area contributed by atoms with Gasteiger partial charge in [0.1, 0.15) is 10.8 Å². The number of nitrogens with two attached hydrogens (primary N) is 1. The minimum Gasteiger partial charge on any atom is -0.482 e. The van der Waals surface area contributed by atoms with Crippen LogP contribution in [0.25, 0.3) is 0 Å². The quantitative estimate of drug-likeness (QED) is 0.878. The first kappa shape index (κ1) is 16.3. The Bertz CT molecular complexity index is 728. The molecule has 1 aromatic carbocycles. The van der Waals surface area contributed by atoms with Crippen molar-refractivity contribution in [1.29, 1.82) is 0 Å². The van der Waals surface area contributed by atoms with E-state index in [-0.39, 0.29) is 12.5 Å². The Labute approximate surface area is 137 Å². The second kappa shape index (κ2) is 6.81. The number of hydrogen-bond donors (Lipinski definition) is 2. The van der Waals surface area contributed by atoms with Crippen molar-refractivity contribution < 1.29 is 14.3 Å². The van der Waals surface area contributed by atoms with Gasteiger partial charge in [-0.1, -0.05) is 23.7 Å². The van der Waals surface area contributed by atoms with Crippen LogP contribution >= 0.6 is 22.9 Å². The number of hydrogen-bond acceptors (Lipinski definition) is 4. The molecule has 0 aliphatic carbocycles. The third kappa shape index (κ3) is 3.58. The molecule has 1 aromatic heterocycles. The number of thiophene rings is 1. The first-order valence-corrected chi connectivity index (χ1v) is 7.66. The minimum absolute atomic E-state index is 0.210. The van der Waals surface area contributed by atoms with Crippen molar-refractivity contribution in [2.75, 3.05) is 11.9 Å². The lowest BCUT2D eigenvalue weighted by atomic mass is 10.1. The highest BCUT2D eigenvalue weighted by atomic mass is 35.5. The van der Waals surface area contributed by atoms with E-state index >= 15 is 0 Å². The maximum atomic E-state index is 12.0. The molecule has 1 heterocycles. The number of carbonyl (C=O) groups excluding carboxylic acids is 2. The van der Waals surface area contributed by atoms with Crippen molar-refractivity contribution in [3.63, 3.8) is 0 Å². The summed E-state index contributed by atoms with van der Waals surface area (Å²) < 4.78 is 5.35. The average Bonchev–Trinajstić information content (AvgIpc) is 2.72. The van der Waals surface area contributed by atoms with Crippen LogP contribution in [-0.4, -0.2) is 18.4 Å². The summed E-state index contributed by atoms with van der Waals surface area (Å²) in [6.45, 7) is 3.45. The number of ether oxygens (including phenoxy) is 1. The lowest BCUT2D eigenvalue weighted by Crippen LogP contribution is -2.22. The van der Waals surface area contributed by atoms with Crippen LogP contribution in [0, 0.1) is 13.8 Å². The van der Waals surface area contributed by atoms with Crippen molar-refractivity contribution in [3.8, 4) is 5.75 Å². The second-order valence-electron chi connectivity index (χ2n) is 4.62. The number of halogens is 1. The van der Waals surface area contributed by atoms with Crippen LogP contribution in [-0.2, 0) is 4.79 Å². The van der Waals surface area contributed by atoms with Crippen molar-refractivity contribution in [1.82, 2.24) is 0 Å². The Morgan fingerprint density at radius 2 is 2.00 bits per heavy atom. The van der Waals surface area contributed by atoms with Crippen LogP contribution < -0.4 is 15.8 Å². The first-order chi connectivity index (χ1) is 10.4. The first-order valence-electron chi connectivity index (χ1n) is 6.47. The van der Waals surface area contributed by atoms with Crippen molar-refractivity contribution in [3.05, 3.63) is 45.3 Å². The van der Waals surface area contributed by atoms with Gasteiger partial charge in [0.15, 0.2) is 6.61 Å². The zero-order chi connectivity index (χ0) is 16.3. The Hall–Kier alpha value is -2.05. The molecule has 7 heteroatoms. The summed E-state index contributed by atoms with van der Waals surface area (Å²) in [5, 5.41) is 3.52. The van der Waals surface area contributed by atoms with Gasteiger partial charge in [-0.2, -0.15) is 0 Å². The maximum Gasteiger partial charge on any atom is 0.262 e. The maximum absolute atomic E-state index is 12.0. The number of carbonyl (C=O) groups is 2. The minimum atomic E-state index is -0.566. The summed E-state index contributed by atoms with van der Waals surface area (Å²) in [6, 6.07) is 6.87. The van der Waals surface area contributed by atoms with E-state index in [4.69, 9.17) is 22.1 Å². The molecule has 22 heavy (non-hydrogen) atoms. The van der Waals surface area contributed by atoms with Gasteiger partial charge < -0.3 is 15.8 Å². The van der Waals surface area contributed by atoms with E-state index in [1.807, 2.05) is 6.92 Å². The highest BCUT2D eigenvalue weighted by Crippen LogP contribution is 2.32. The summed E-state index contributed by atoms with van der Waals surface area (Å²) in [6.07, 6.45) is 0. The highest BCUT2D eigenvalue weighted by Gasteiger charge is 2.19. The molecule has 5 nitrogen and oxygen atoms in total. The number of primary amides is 1. The molecule has 0 aliphatic rings. The second-order valence-corrected chi connectivity index (χ2v) is 6.25. The molecular formula is C15H15ClN2O3S. The smallest absolute Gasteiger partial charge is 0.262 e. The van der Waals surface area contributed by atoms with Crippen LogP contribution in [0.4, 0.5) is 5.00 Å². The molecule has 0 bridgehead atoms. The standard InChI is InChI=1S/C15H15ClN2O3S/c1-8-9(2)22-15(13(8)14(17)20)18-12(19)7-21-11-6-4-3-5-10(11)16/h3-6H,7H2,1-2H3,(H2,17,20)(H,18,19). The van der Waals surface area contributed by atoms with E-state index < -0.39 is 5.91 Å². The van der Waals surface area contributed by atoms with Crippen LogP contribution in [0.3, 0.4) is 0 Å². The van der Waals surface area contributed by atoms with Gasteiger partial charge in [0.05, 0.1) is 10.6 Å². The fourth-order valence-corrected chi connectivity index (χ4v) is 3.15. The van der Waals surface area contributed by atoms with Gasteiger partial charge in [-0.05, 0) is 31.5 Å². The van der Waals surface area contributed by atoms with Gasteiger partial charge in [-0.3, -0.25) is 9.59 Å². The zero-order valence-electron chi connectivity index (χ0n) is 12.1. The van der Waals surface area contributed by atoms with E-state index in [9.17, 15) is 9.59 Å². The fraction of sp³-hybridized carbons (Fsp3) is 0.200. The van der Waals surface area contributed by atoms with Gasteiger partial charge in [0, 0.05) is 4.88 Å². The number of para-hydroxylation sites is 1. The molecule has 3 N–H and O–H groups in total. The molecule has 0 aliphatic heterocycles. The van der Waals surface area contributed by atoms with Crippen LogP contribution in [0.2, 0.25) is 5.02 Å². The molecule has 0 unspecified atom stereocenters. The number of benzene rings is 1. The van der Waals surface area contributed by atoms with Crippen LogP contribution in [0.5, 0.6) is 5.75 Å². The van der Waals surface area contributed by atoms with E-state index in [1.165, 1.54) is 11.3 Å². The van der Waals surface area contributed by atoms with Gasteiger partial charge in [-0.15, -0.1) is 11.3 Å². The number of amides is 2. The molecule has 2 rings (SSSR count). The van der Waals surface area contributed by atoms with Crippen molar-refractivity contribution >= 4 is 39.8 Å². The normalized spacial score (nSPS) is 10.3. The largest absolute Gasteiger partial charge is 0.482 e. The topological polar surface area (TPSA) is 81.4 Å². The third-order valence-electron chi connectivity index (χ3n) is 3.08. The average molecular weight is 339 g/mol. The number of nitrogens with one attached hydrogen (secondary N) is 1. The molecule has 116 valence electrons. The predicted molar refractivity (Wildman–Crippen MR) is 87.9 cm³/mol. The number of aryl methyl sites for hydroxylation is 1. The van der Waals surface area contributed by atoms with E-state index in [0.717, 1.165) is 10.4 Å². The molecule has 2 aromatic rings. The monoisotopic (exact) mass is 338 g/mol. The molecule has 0 fully saturated rings. The lowest BCUT2D eigenvalue weighted by molar-refractivity contribution is -0.118. The Morgan fingerprint density at radius 3 is 2.64 bits per heavy atom. The Kier molecular flexibility index (Phi) is 5.05. The predicted octanol–water partition coefficient (Wildman–Crippen LogP) is 3.13. The van der Waals surface area contributed by atoms with Crippen molar-refractivity contribution in [2.45, 2.75) is 13.8 Å². The fourth-order valence-electron chi connectivity index (χ4n) is 1.88. The van der Waals surface area contributed by atoms with Gasteiger partial charge in [0.25, 0.3) is 11.8 Å².